The van der Waals surface area contributed by atoms with Gasteiger partial charge in [0, 0.05) is 11.4 Å². The number of thioether (sulfide) groups is 1. The number of carbonyl (C=O) groups is 1. The maximum atomic E-state index is 12.1. The molecule has 0 bridgehead atoms. The van der Waals surface area contributed by atoms with Crippen molar-refractivity contribution in [2.24, 2.45) is 0 Å². The standard InChI is InChI=1S/C18H21NOS/c1-13-7-9-17(10-8-13)21-15(3)18(20)19-12-16-6-4-5-14(2)11-16/h4-11,15H,12H2,1-3H3,(H,19,20). The van der Waals surface area contributed by atoms with E-state index in [4.69, 9.17) is 0 Å². The average molecular weight is 299 g/mol. The summed E-state index contributed by atoms with van der Waals surface area (Å²) in [5.74, 6) is 0.0714. The molecule has 1 atom stereocenters. The van der Waals surface area contributed by atoms with Crippen molar-refractivity contribution in [1.82, 2.24) is 5.32 Å². The lowest BCUT2D eigenvalue weighted by Gasteiger charge is -2.12. The zero-order chi connectivity index (χ0) is 15.2. The SMILES string of the molecule is Cc1ccc(SC(C)C(=O)NCc2cccc(C)c2)cc1. The van der Waals surface area contributed by atoms with Crippen LogP contribution in [0.1, 0.15) is 23.6 Å². The van der Waals surface area contributed by atoms with Crippen molar-refractivity contribution in [1.29, 1.82) is 0 Å². The van der Waals surface area contributed by atoms with Crippen LogP contribution < -0.4 is 5.32 Å². The number of benzene rings is 2. The molecule has 21 heavy (non-hydrogen) atoms. The van der Waals surface area contributed by atoms with Gasteiger partial charge in [0.1, 0.15) is 0 Å². The third kappa shape index (κ3) is 4.94. The lowest BCUT2D eigenvalue weighted by molar-refractivity contribution is -0.120. The maximum Gasteiger partial charge on any atom is 0.233 e. The maximum absolute atomic E-state index is 12.1. The number of nitrogens with one attached hydrogen (secondary N) is 1. The van der Waals surface area contributed by atoms with Crippen molar-refractivity contribution in [2.75, 3.05) is 0 Å². The first-order chi connectivity index (χ1) is 10.0. The minimum Gasteiger partial charge on any atom is -0.351 e. The van der Waals surface area contributed by atoms with Gasteiger partial charge >= 0.3 is 0 Å². The van der Waals surface area contributed by atoms with Gasteiger partial charge in [0.05, 0.1) is 5.25 Å². The second-order valence-electron chi connectivity index (χ2n) is 5.28. The minimum atomic E-state index is -0.0995. The number of rotatable bonds is 5. The average Bonchev–Trinajstić information content (AvgIpc) is 2.47. The molecule has 0 radical (unpaired) electrons. The van der Waals surface area contributed by atoms with Crippen LogP contribution in [0.25, 0.3) is 0 Å². The van der Waals surface area contributed by atoms with E-state index in [9.17, 15) is 4.79 Å². The van der Waals surface area contributed by atoms with E-state index in [-0.39, 0.29) is 11.2 Å². The largest absolute Gasteiger partial charge is 0.351 e. The summed E-state index contributed by atoms with van der Waals surface area (Å²) in [6.07, 6.45) is 0. The first-order valence-electron chi connectivity index (χ1n) is 7.11. The molecule has 0 saturated carbocycles. The number of hydrogen-bond donors (Lipinski definition) is 1. The summed E-state index contributed by atoms with van der Waals surface area (Å²) in [5.41, 5.74) is 3.58. The highest BCUT2D eigenvalue weighted by Gasteiger charge is 2.13. The molecular weight excluding hydrogens is 278 g/mol. The molecule has 2 rings (SSSR count). The Bertz CT molecular complexity index is 607. The molecular formula is C18H21NOS. The molecule has 0 saturated heterocycles. The van der Waals surface area contributed by atoms with Crippen LogP contribution in [0, 0.1) is 13.8 Å². The molecule has 1 N–H and O–H groups in total. The Labute approximate surface area is 131 Å². The molecule has 0 aromatic heterocycles. The van der Waals surface area contributed by atoms with Crippen LogP contribution in [0.4, 0.5) is 0 Å². The van der Waals surface area contributed by atoms with E-state index in [1.54, 1.807) is 11.8 Å². The number of carbonyl (C=O) groups excluding carboxylic acids is 1. The van der Waals surface area contributed by atoms with E-state index in [0.717, 1.165) is 10.5 Å². The van der Waals surface area contributed by atoms with Crippen LogP contribution in [0.5, 0.6) is 0 Å². The van der Waals surface area contributed by atoms with Crippen LogP contribution in [0.3, 0.4) is 0 Å². The molecule has 0 fully saturated rings. The molecule has 1 unspecified atom stereocenters. The van der Waals surface area contributed by atoms with E-state index in [1.165, 1.54) is 11.1 Å². The van der Waals surface area contributed by atoms with Crippen molar-refractivity contribution in [2.45, 2.75) is 37.5 Å². The van der Waals surface area contributed by atoms with Crippen molar-refractivity contribution < 1.29 is 4.79 Å². The highest BCUT2D eigenvalue weighted by molar-refractivity contribution is 8.00. The molecule has 2 aromatic carbocycles. The Hall–Kier alpha value is -1.74. The Morgan fingerprint density at radius 2 is 1.81 bits per heavy atom. The van der Waals surface area contributed by atoms with Gasteiger partial charge in [-0.3, -0.25) is 4.79 Å². The van der Waals surface area contributed by atoms with Gasteiger partial charge in [0.2, 0.25) is 5.91 Å². The second-order valence-corrected chi connectivity index (χ2v) is 6.69. The van der Waals surface area contributed by atoms with Crippen LogP contribution in [-0.4, -0.2) is 11.2 Å². The second kappa shape index (κ2) is 7.32. The molecule has 2 nitrogen and oxygen atoms in total. The zero-order valence-electron chi connectivity index (χ0n) is 12.7. The fraction of sp³-hybridized carbons (Fsp3) is 0.278. The van der Waals surface area contributed by atoms with Gasteiger partial charge in [0.25, 0.3) is 0 Å². The first kappa shape index (κ1) is 15.6. The van der Waals surface area contributed by atoms with E-state index in [1.807, 2.05) is 19.1 Å². The Morgan fingerprint density at radius 1 is 1.10 bits per heavy atom. The first-order valence-corrected chi connectivity index (χ1v) is 7.99. The van der Waals surface area contributed by atoms with Crippen molar-refractivity contribution in [3.63, 3.8) is 0 Å². The van der Waals surface area contributed by atoms with Gasteiger partial charge in [-0.1, -0.05) is 47.5 Å². The number of hydrogen-bond acceptors (Lipinski definition) is 2. The summed E-state index contributed by atoms with van der Waals surface area (Å²) in [6, 6.07) is 16.5. The van der Waals surface area contributed by atoms with E-state index < -0.39 is 0 Å². The molecule has 2 aromatic rings. The van der Waals surface area contributed by atoms with Gasteiger partial charge in [-0.2, -0.15) is 0 Å². The van der Waals surface area contributed by atoms with E-state index in [0.29, 0.717) is 6.54 Å². The van der Waals surface area contributed by atoms with Crippen LogP contribution in [0.2, 0.25) is 0 Å². The third-order valence-electron chi connectivity index (χ3n) is 3.25. The lowest BCUT2D eigenvalue weighted by Crippen LogP contribution is -2.30. The lowest BCUT2D eigenvalue weighted by atomic mass is 10.1. The van der Waals surface area contributed by atoms with Gasteiger partial charge in [0.15, 0.2) is 0 Å². The molecule has 0 spiro atoms. The summed E-state index contributed by atoms with van der Waals surface area (Å²) < 4.78 is 0. The number of amides is 1. The molecule has 0 aliphatic rings. The quantitative estimate of drug-likeness (QED) is 0.842. The monoisotopic (exact) mass is 299 g/mol. The Kier molecular flexibility index (Phi) is 5.45. The van der Waals surface area contributed by atoms with E-state index >= 15 is 0 Å². The highest BCUT2D eigenvalue weighted by Crippen LogP contribution is 2.23. The minimum absolute atomic E-state index is 0.0714. The summed E-state index contributed by atoms with van der Waals surface area (Å²) in [4.78, 5) is 13.3. The van der Waals surface area contributed by atoms with Gasteiger partial charge in [-0.25, -0.2) is 0 Å². The molecule has 1 amide bonds. The molecule has 3 heteroatoms. The van der Waals surface area contributed by atoms with Crippen LogP contribution >= 0.6 is 11.8 Å². The van der Waals surface area contributed by atoms with Gasteiger partial charge < -0.3 is 5.32 Å². The summed E-state index contributed by atoms with van der Waals surface area (Å²) in [7, 11) is 0. The smallest absolute Gasteiger partial charge is 0.233 e. The fourth-order valence-corrected chi connectivity index (χ4v) is 2.92. The predicted molar refractivity (Wildman–Crippen MR) is 89.5 cm³/mol. The highest BCUT2D eigenvalue weighted by atomic mass is 32.2. The Morgan fingerprint density at radius 3 is 2.48 bits per heavy atom. The summed E-state index contributed by atoms with van der Waals surface area (Å²) >= 11 is 1.59. The normalized spacial score (nSPS) is 12.0. The molecule has 0 aliphatic heterocycles. The molecule has 0 heterocycles. The summed E-state index contributed by atoms with van der Waals surface area (Å²) in [5, 5.41) is 2.90. The Balaban J connectivity index is 1.86. The van der Waals surface area contributed by atoms with Crippen molar-refractivity contribution in [3.05, 3.63) is 65.2 Å². The summed E-state index contributed by atoms with van der Waals surface area (Å²) in [6.45, 7) is 6.64. The van der Waals surface area contributed by atoms with Gasteiger partial charge in [-0.15, -0.1) is 11.8 Å². The van der Waals surface area contributed by atoms with Crippen molar-refractivity contribution in [3.8, 4) is 0 Å². The van der Waals surface area contributed by atoms with Gasteiger partial charge in [-0.05, 0) is 38.5 Å². The van der Waals surface area contributed by atoms with E-state index in [2.05, 4.69) is 55.6 Å². The van der Waals surface area contributed by atoms with Crippen LogP contribution in [-0.2, 0) is 11.3 Å². The zero-order valence-corrected chi connectivity index (χ0v) is 13.5. The third-order valence-corrected chi connectivity index (χ3v) is 4.36. The van der Waals surface area contributed by atoms with Crippen LogP contribution in [0.15, 0.2) is 53.4 Å². The fourth-order valence-electron chi connectivity index (χ4n) is 2.03. The number of aryl methyl sites for hydroxylation is 2. The molecule has 0 aliphatic carbocycles. The molecule has 110 valence electrons. The van der Waals surface area contributed by atoms with Crippen molar-refractivity contribution >= 4 is 17.7 Å². The topological polar surface area (TPSA) is 29.1 Å². The predicted octanol–water partition coefficient (Wildman–Crippen LogP) is 4.10.